The number of carbonyl (C=O) groups is 1. The number of benzene rings is 1. The Morgan fingerprint density at radius 2 is 2.00 bits per heavy atom. The lowest BCUT2D eigenvalue weighted by molar-refractivity contribution is -0.120. The van der Waals surface area contributed by atoms with Crippen LogP contribution in [0.15, 0.2) is 18.2 Å². The van der Waals surface area contributed by atoms with Crippen LogP contribution in [-0.2, 0) is 4.79 Å². The summed E-state index contributed by atoms with van der Waals surface area (Å²) in [6, 6.07) is 5.15. The minimum absolute atomic E-state index is 0.0306. The van der Waals surface area contributed by atoms with E-state index in [1.807, 2.05) is 0 Å². The Kier molecular flexibility index (Phi) is 1.87. The maximum absolute atomic E-state index is 12.0. The van der Waals surface area contributed by atoms with Gasteiger partial charge in [-0.15, -0.1) is 0 Å². The van der Waals surface area contributed by atoms with E-state index in [4.69, 9.17) is 0 Å². The Morgan fingerprint density at radius 3 is 2.75 bits per heavy atom. The largest absolute Gasteiger partial charge is 0.506 e. The zero-order chi connectivity index (χ0) is 11.2. The third kappa shape index (κ3) is 1.19. The van der Waals surface area contributed by atoms with Gasteiger partial charge in [-0.3, -0.25) is 4.79 Å². The molecule has 0 aromatic heterocycles. The first-order chi connectivity index (χ1) is 7.71. The van der Waals surface area contributed by atoms with Crippen molar-refractivity contribution in [3.05, 3.63) is 18.2 Å². The van der Waals surface area contributed by atoms with Gasteiger partial charge in [-0.1, -0.05) is 18.9 Å². The normalized spacial score (nSPS) is 21.4. The second kappa shape index (κ2) is 3.14. The standard InChI is InChI=1S/C12H14N2O2/c15-9-5-3-4-8-10(9)14-12(11(16)13-8)6-1-2-7-12/h3-5,14-15H,1-2,6-7H2,(H,13,16). The highest BCUT2D eigenvalue weighted by atomic mass is 16.3. The molecule has 84 valence electrons. The zero-order valence-electron chi connectivity index (χ0n) is 8.92. The van der Waals surface area contributed by atoms with Crippen molar-refractivity contribution in [3.8, 4) is 5.75 Å². The maximum atomic E-state index is 12.0. The first-order valence-electron chi connectivity index (χ1n) is 5.63. The fourth-order valence-electron chi connectivity index (χ4n) is 2.64. The molecule has 0 radical (unpaired) electrons. The molecular formula is C12H14N2O2. The lowest BCUT2D eigenvalue weighted by atomic mass is 9.93. The van der Waals surface area contributed by atoms with Crippen molar-refractivity contribution in [1.82, 2.24) is 0 Å². The summed E-state index contributed by atoms with van der Waals surface area (Å²) in [6.07, 6.45) is 3.80. The number of phenolic OH excluding ortho intramolecular Hbond substituents is 1. The second-order valence-corrected chi connectivity index (χ2v) is 4.57. The zero-order valence-corrected chi connectivity index (χ0v) is 8.92. The van der Waals surface area contributed by atoms with E-state index in [0.29, 0.717) is 11.4 Å². The number of hydrogen-bond acceptors (Lipinski definition) is 3. The predicted molar refractivity (Wildman–Crippen MR) is 61.6 cm³/mol. The highest BCUT2D eigenvalue weighted by Gasteiger charge is 2.44. The average Bonchev–Trinajstić information content (AvgIpc) is 2.72. The van der Waals surface area contributed by atoms with E-state index >= 15 is 0 Å². The molecule has 2 aliphatic rings. The van der Waals surface area contributed by atoms with Gasteiger partial charge in [-0.25, -0.2) is 0 Å². The summed E-state index contributed by atoms with van der Waals surface area (Å²) in [5.41, 5.74) is 0.831. The van der Waals surface area contributed by atoms with Crippen molar-refractivity contribution in [1.29, 1.82) is 0 Å². The van der Waals surface area contributed by atoms with Crippen LogP contribution in [0.3, 0.4) is 0 Å². The molecule has 3 N–H and O–H groups in total. The highest BCUT2D eigenvalue weighted by molar-refractivity contribution is 6.07. The van der Waals surface area contributed by atoms with Crippen LogP contribution in [0.4, 0.5) is 11.4 Å². The number of para-hydroxylation sites is 1. The minimum atomic E-state index is -0.494. The number of phenols is 1. The molecule has 4 nitrogen and oxygen atoms in total. The van der Waals surface area contributed by atoms with Crippen LogP contribution in [0.25, 0.3) is 0 Å². The van der Waals surface area contributed by atoms with Gasteiger partial charge in [0.2, 0.25) is 5.91 Å². The van der Waals surface area contributed by atoms with Crippen LogP contribution < -0.4 is 10.6 Å². The minimum Gasteiger partial charge on any atom is -0.506 e. The number of fused-ring (bicyclic) bond motifs is 1. The van der Waals surface area contributed by atoms with Crippen molar-refractivity contribution in [2.45, 2.75) is 31.2 Å². The molecular weight excluding hydrogens is 204 g/mol. The van der Waals surface area contributed by atoms with Crippen LogP contribution in [0.5, 0.6) is 5.75 Å². The molecule has 3 rings (SSSR count). The molecule has 1 heterocycles. The summed E-state index contributed by atoms with van der Waals surface area (Å²) in [6.45, 7) is 0. The van der Waals surface area contributed by atoms with Gasteiger partial charge in [-0.2, -0.15) is 0 Å². The molecule has 0 unspecified atom stereocenters. The second-order valence-electron chi connectivity index (χ2n) is 4.57. The molecule has 1 fully saturated rings. The van der Waals surface area contributed by atoms with Gasteiger partial charge in [0, 0.05) is 0 Å². The molecule has 1 aliphatic heterocycles. The van der Waals surface area contributed by atoms with Crippen molar-refractivity contribution in [2.75, 3.05) is 10.6 Å². The molecule has 1 spiro atoms. The third-order valence-corrected chi connectivity index (χ3v) is 3.55. The SMILES string of the molecule is O=C1Nc2cccc(O)c2NC12CCCC2. The predicted octanol–water partition coefficient (Wildman–Crippen LogP) is 2.07. The van der Waals surface area contributed by atoms with Crippen molar-refractivity contribution in [3.63, 3.8) is 0 Å². The van der Waals surface area contributed by atoms with Crippen molar-refractivity contribution >= 4 is 17.3 Å². The molecule has 16 heavy (non-hydrogen) atoms. The van der Waals surface area contributed by atoms with E-state index in [2.05, 4.69) is 10.6 Å². The van der Waals surface area contributed by atoms with Crippen LogP contribution in [-0.4, -0.2) is 16.6 Å². The van der Waals surface area contributed by atoms with Gasteiger partial charge in [0.1, 0.15) is 17.0 Å². The summed E-state index contributed by atoms with van der Waals surface area (Å²) in [5.74, 6) is 0.229. The first-order valence-corrected chi connectivity index (χ1v) is 5.63. The lowest BCUT2D eigenvalue weighted by Crippen LogP contribution is -2.50. The van der Waals surface area contributed by atoms with Gasteiger partial charge >= 0.3 is 0 Å². The van der Waals surface area contributed by atoms with Crippen molar-refractivity contribution < 1.29 is 9.90 Å². The van der Waals surface area contributed by atoms with Crippen LogP contribution in [0, 0.1) is 0 Å². The van der Waals surface area contributed by atoms with E-state index in [-0.39, 0.29) is 11.7 Å². The van der Waals surface area contributed by atoms with Gasteiger partial charge in [-0.05, 0) is 25.0 Å². The van der Waals surface area contributed by atoms with Crippen molar-refractivity contribution in [2.24, 2.45) is 0 Å². The van der Waals surface area contributed by atoms with E-state index in [0.717, 1.165) is 25.7 Å². The van der Waals surface area contributed by atoms with Gasteiger partial charge < -0.3 is 15.7 Å². The summed E-state index contributed by atoms with van der Waals surface area (Å²) < 4.78 is 0. The Balaban J connectivity index is 2.06. The molecule has 4 heteroatoms. The van der Waals surface area contributed by atoms with Crippen LogP contribution in [0.1, 0.15) is 25.7 Å². The Morgan fingerprint density at radius 1 is 1.25 bits per heavy atom. The number of nitrogens with one attached hydrogen (secondary N) is 2. The molecule has 0 saturated heterocycles. The Bertz CT molecular complexity index is 450. The number of carbonyl (C=O) groups excluding carboxylic acids is 1. The smallest absolute Gasteiger partial charge is 0.250 e. The monoisotopic (exact) mass is 218 g/mol. The number of anilines is 2. The van der Waals surface area contributed by atoms with Gasteiger partial charge in [0.05, 0.1) is 5.69 Å². The summed E-state index contributed by atoms with van der Waals surface area (Å²) in [4.78, 5) is 12.0. The van der Waals surface area contributed by atoms with E-state index in [9.17, 15) is 9.90 Å². The van der Waals surface area contributed by atoms with Gasteiger partial charge in [0.25, 0.3) is 0 Å². The van der Waals surface area contributed by atoms with E-state index in [1.54, 1.807) is 18.2 Å². The lowest BCUT2D eigenvalue weighted by Gasteiger charge is -2.35. The van der Waals surface area contributed by atoms with Crippen LogP contribution >= 0.6 is 0 Å². The molecule has 1 amide bonds. The Hall–Kier alpha value is -1.71. The number of rotatable bonds is 0. The fraction of sp³-hybridized carbons (Fsp3) is 0.417. The topological polar surface area (TPSA) is 61.4 Å². The summed E-state index contributed by atoms with van der Waals surface area (Å²) >= 11 is 0. The molecule has 1 aliphatic carbocycles. The quantitative estimate of drug-likeness (QED) is 0.584. The average molecular weight is 218 g/mol. The molecule has 1 saturated carbocycles. The third-order valence-electron chi connectivity index (χ3n) is 3.55. The van der Waals surface area contributed by atoms with Crippen LogP contribution in [0.2, 0.25) is 0 Å². The number of hydrogen-bond donors (Lipinski definition) is 3. The highest BCUT2D eigenvalue weighted by Crippen LogP contribution is 2.43. The molecule has 0 atom stereocenters. The fourth-order valence-corrected chi connectivity index (χ4v) is 2.64. The van der Waals surface area contributed by atoms with E-state index < -0.39 is 5.54 Å². The first kappa shape index (κ1) is 9.51. The van der Waals surface area contributed by atoms with E-state index in [1.165, 1.54) is 0 Å². The molecule has 1 aromatic rings. The number of aromatic hydroxyl groups is 1. The maximum Gasteiger partial charge on any atom is 0.250 e. The van der Waals surface area contributed by atoms with Gasteiger partial charge in [0.15, 0.2) is 0 Å². The summed E-state index contributed by atoms with van der Waals surface area (Å²) in [5, 5.41) is 15.9. The summed E-state index contributed by atoms with van der Waals surface area (Å²) in [7, 11) is 0. The molecule has 1 aromatic carbocycles. The molecule has 0 bridgehead atoms. The number of amides is 1. The Labute approximate surface area is 93.7 Å².